The largest absolute Gasteiger partial charge is 0.396 e. The number of aromatic nitrogens is 1. The number of nitrogen functional groups attached to an aromatic ring is 1. The van der Waals surface area contributed by atoms with E-state index in [9.17, 15) is 10.1 Å². The number of nitrogens with zero attached hydrogens (tertiary/aromatic N) is 2. The minimum Gasteiger partial charge on any atom is -0.396 e. The van der Waals surface area contributed by atoms with Crippen molar-refractivity contribution in [1.29, 1.82) is 5.26 Å². The number of pyridine rings is 1. The number of Topliss-reactive ketones (excluding diaryl/α,β-unsaturated/α-hetero) is 1. The number of carbonyl (C=O) groups is 1. The molecule has 0 aromatic carbocycles. The maximum atomic E-state index is 11.8. The second-order valence-electron chi connectivity index (χ2n) is 4.56. The molecule has 2 aromatic rings. The van der Waals surface area contributed by atoms with Gasteiger partial charge >= 0.3 is 0 Å². The van der Waals surface area contributed by atoms with Gasteiger partial charge in [-0.15, -0.1) is 11.3 Å². The lowest BCUT2D eigenvalue weighted by Gasteiger charge is -2.06. The van der Waals surface area contributed by atoms with Gasteiger partial charge in [-0.05, 0) is 18.6 Å². The Morgan fingerprint density at radius 2 is 2.33 bits per heavy atom. The van der Waals surface area contributed by atoms with Crippen LogP contribution >= 0.6 is 11.3 Å². The third-order valence-electron chi connectivity index (χ3n) is 3.17. The fourth-order valence-electron chi connectivity index (χ4n) is 1.91. The van der Waals surface area contributed by atoms with Gasteiger partial charge in [-0.1, -0.05) is 13.0 Å². The molecule has 0 fully saturated rings. The molecule has 0 unspecified atom stereocenters. The molecule has 21 heavy (non-hydrogen) atoms. The molecule has 0 radical (unpaired) electrons. The Balaban J connectivity index is 2.27. The van der Waals surface area contributed by atoms with Gasteiger partial charge in [0.15, 0.2) is 5.78 Å². The molecule has 108 valence electrons. The summed E-state index contributed by atoms with van der Waals surface area (Å²) in [7, 11) is 0. The minimum atomic E-state index is -0.0453. The van der Waals surface area contributed by atoms with Crippen LogP contribution < -0.4 is 11.1 Å². The molecule has 0 aliphatic heterocycles. The first-order valence-electron chi connectivity index (χ1n) is 6.58. The Kier molecular flexibility index (Phi) is 4.55. The zero-order valence-corrected chi connectivity index (χ0v) is 12.8. The van der Waals surface area contributed by atoms with Gasteiger partial charge in [0.2, 0.25) is 0 Å². The molecule has 0 atom stereocenters. The number of nitriles is 1. The zero-order chi connectivity index (χ0) is 15.4. The van der Waals surface area contributed by atoms with Crippen molar-refractivity contribution < 1.29 is 4.79 Å². The number of hydrogen-bond donors (Lipinski definition) is 2. The smallest absolute Gasteiger partial charge is 0.174 e. The molecule has 2 rings (SSSR count). The van der Waals surface area contributed by atoms with Gasteiger partial charge in [-0.25, -0.2) is 0 Å². The van der Waals surface area contributed by atoms with E-state index in [-0.39, 0.29) is 11.5 Å². The van der Waals surface area contributed by atoms with E-state index < -0.39 is 0 Å². The molecule has 0 amide bonds. The third-order valence-corrected chi connectivity index (χ3v) is 4.37. The summed E-state index contributed by atoms with van der Waals surface area (Å²) in [6.45, 7) is 4.24. The Labute approximate surface area is 127 Å². The van der Waals surface area contributed by atoms with Crippen LogP contribution in [0, 0.1) is 18.3 Å². The van der Waals surface area contributed by atoms with E-state index in [1.165, 1.54) is 11.3 Å². The summed E-state index contributed by atoms with van der Waals surface area (Å²) in [5, 5.41) is 13.0. The predicted octanol–water partition coefficient (Wildman–Crippen LogP) is 3.11. The van der Waals surface area contributed by atoms with Gasteiger partial charge in [-0.2, -0.15) is 5.26 Å². The predicted molar refractivity (Wildman–Crippen MR) is 84.4 cm³/mol. The van der Waals surface area contributed by atoms with Crippen LogP contribution in [0.15, 0.2) is 18.3 Å². The van der Waals surface area contributed by atoms with E-state index in [0.29, 0.717) is 28.4 Å². The number of nitrogens with one attached hydrogen (secondary N) is 1. The van der Waals surface area contributed by atoms with Crippen LogP contribution in [-0.4, -0.2) is 10.8 Å². The van der Waals surface area contributed by atoms with Crippen molar-refractivity contribution in [3.63, 3.8) is 0 Å². The van der Waals surface area contributed by atoms with Crippen molar-refractivity contribution >= 4 is 27.8 Å². The van der Waals surface area contributed by atoms with Gasteiger partial charge in [-0.3, -0.25) is 9.78 Å². The monoisotopic (exact) mass is 300 g/mol. The van der Waals surface area contributed by atoms with Crippen molar-refractivity contribution in [3.05, 3.63) is 40.0 Å². The molecule has 0 saturated heterocycles. The lowest BCUT2D eigenvalue weighted by molar-refractivity contribution is 0.0993. The highest BCUT2D eigenvalue weighted by molar-refractivity contribution is 7.19. The van der Waals surface area contributed by atoms with Gasteiger partial charge in [0.25, 0.3) is 0 Å². The van der Waals surface area contributed by atoms with E-state index in [1.54, 1.807) is 13.1 Å². The molecule has 0 spiro atoms. The molecular weight excluding hydrogens is 284 g/mol. The van der Waals surface area contributed by atoms with E-state index in [0.717, 1.165) is 11.3 Å². The normalized spacial score (nSPS) is 10.1. The van der Waals surface area contributed by atoms with Crippen molar-refractivity contribution in [3.8, 4) is 6.07 Å². The number of ketones is 1. The number of hydrogen-bond acceptors (Lipinski definition) is 6. The van der Waals surface area contributed by atoms with Crippen molar-refractivity contribution in [2.75, 3.05) is 11.1 Å². The quantitative estimate of drug-likeness (QED) is 0.828. The van der Waals surface area contributed by atoms with Crippen molar-refractivity contribution in [1.82, 2.24) is 4.98 Å². The van der Waals surface area contributed by atoms with Crippen LogP contribution in [0.2, 0.25) is 0 Å². The Morgan fingerprint density at radius 1 is 1.57 bits per heavy atom. The van der Waals surface area contributed by atoms with Crippen LogP contribution in [0.4, 0.5) is 10.7 Å². The molecule has 0 aliphatic carbocycles. The highest BCUT2D eigenvalue weighted by Gasteiger charge is 2.19. The summed E-state index contributed by atoms with van der Waals surface area (Å²) < 4.78 is 0. The second kappa shape index (κ2) is 6.37. The van der Waals surface area contributed by atoms with Gasteiger partial charge in [0, 0.05) is 12.6 Å². The van der Waals surface area contributed by atoms with Gasteiger partial charge in [0.1, 0.15) is 16.6 Å². The minimum absolute atomic E-state index is 0.0453. The average Bonchev–Trinajstić information content (AvgIpc) is 2.81. The van der Waals surface area contributed by atoms with Crippen LogP contribution in [0.5, 0.6) is 0 Å². The topological polar surface area (TPSA) is 91.8 Å². The zero-order valence-electron chi connectivity index (χ0n) is 11.9. The highest BCUT2D eigenvalue weighted by atomic mass is 32.1. The van der Waals surface area contributed by atoms with Crippen LogP contribution in [0.1, 0.15) is 39.8 Å². The summed E-state index contributed by atoms with van der Waals surface area (Å²) in [5.74, 6) is -0.0453. The van der Waals surface area contributed by atoms with E-state index in [1.807, 2.05) is 19.1 Å². The number of anilines is 2. The standard InChI is InChI=1S/C15H16N4OS/c1-3-12(20)14-13(17)10(7-16)15(21-14)19-8-11-9(2)5-4-6-18-11/h4-6,19H,3,8,17H2,1-2H3. The number of rotatable bonds is 5. The van der Waals surface area contributed by atoms with Crippen LogP contribution in [-0.2, 0) is 6.54 Å². The molecule has 0 saturated carbocycles. The lowest BCUT2D eigenvalue weighted by Crippen LogP contribution is -2.03. The third kappa shape index (κ3) is 3.03. The summed E-state index contributed by atoms with van der Waals surface area (Å²) in [5.41, 5.74) is 8.48. The fraction of sp³-hybridized carbons (Fsp3) is 0.267. The van der Waals surface area contributed by atoms with Crippen molar-refractivity contribution in [2.24, 2.45) is 0 Å². The highest BCUT2D eigenvalue weighted by Crippen LogP contribution is 2.36. The van der Waals surface area contributed by atoms with Gasteiger partial charge in [0.05, 0.1) is 22.8 Å². The molecule has 3 N–H and O–H groups in total. The summed E-state index contributed by atoms with van der Waals surface area (Å²) in [6, 6.07) is 5.92. The molecular formula is C15H16N4OS. The maximum absolute atomic E-state index is 11.8. The first-order valence-corrected chi connectivity index (χ1v) is 7.40. The number of nitrogens with two attached hydrogens (primary N) is 1. The molecule has 0 aliphatic rings. The van der Waals surface area contributed by atoms with E-state index in [4.69, 9.17) is 5.73 Å². The molecule has 2 aromatic heterocycles. The Bertz CT molecular complexity index is 715. The second-order valence-corrected chi connectivity index (χ2v) is 5.58. The van der Waals surface area contributed by atoms with E-state index in [2.05, 4.69) is 16.4 Å². The van der Waals surface area contributed by atoms with Crippen molar-refractivity contribution in [2.45, 2.75) is 26.8 Å². The van der Waals surface area contributed by atoms with Gasteiger partial charge < -0.3 is 11.1 Å². The summed E-state index contributed by atoms with van der Waals surface area (Å²) in [6.07, 6.45) is 2.10. The first-order chi connectivity index (χ1) is 10.1. The van der Waals surface area contributed by atoms with Crippen LogP contribution in [0.3, 0.4) is 0 Å². The Morgan fingerprint density at radius 3 is 2.95 bits per heavy atom. The molecule has 5 nitrogen and oxygen atoms in total. The number of thiophene rings is 1. The molecule has 2 heterocycles. The summed E-state index contributed by atoms with van der Waals surface area (Å²) in [4.78, 5) is 16.6. The van der Waals surface area contributed by atoms with Crippen LogP contribution in [0.25, 0.3) is 0 Å². The molecule has 0 bridgehead atoms. The summed E-state index contributed by atoms with van der Waals surface area (Å²) >= 11 is 1.23. The first kappa shape index (κ1) is 15.0. The number of carbonyl (C=O) groups excluding carboxylic acids is 1. The van der Waals surface area contributed by atoms with E-state index >= 15 is 0 Å². The Hall–Kier alpha value is -2.39. The SMILES string of the molecule is CCC(=O)c1sc(NCc2ncccc2C)c(C#N)c1N. The maximum Gasteiger partial charge on any atom is 0.174 e. The fourth-order valence-corrected chi connectivity index (χ4v) is 2.99. The average molecular weight is 300 g/mol. The lowest BCUT2D eigenvalue weighted by atomic mass is 10.2. The molecule has 6 heteroatoms. The number of aryl methyl sites for hydroxylation is 1.